The van der Waals surface area contributed by atoms with Gasteiger partial charge >= 0.3 is 0 Å². The Bertz CT molecular complexity index is 579. The Morgan fingerprint density at radius 3 is 3.05 bits per heavy atom. The molecule has 0 aliphatic carbocycles. The van der Waals surface area contributed by atoms with Crippen molar-refractivity contribution in [3.63, 3.8) is 0 Å². The number of hydrogen-bond acceptors (Lipinski definition) is 3. The summed E-state index contributed by atoms with van der Waals surface area (Å²) in [6.07, 6.45) is 2.52. The number of para-hydroxylation sites is 1. The molecule has 3 heteroatoms. The van der Waals surface area contributed by atoms with Crippen LogP contribution in [0.1, 0.15) is 18.4 Å². The molecule has 3 nitrogen and oxygen atoms in total. The minimum Gasteiger partial charge on any atom is -0.352 e. The lowest BCUT2D eigenvalue weighted by molar-refractivity contribution is 0.611. The van der Waals surface area contributed by atoms with E-state index in [0.717, 1.165) is 24.4 Å². The molecule has 0 radical (unpaired) electrons. The molecule has 1 N–H and O–H groups in total. The van der Waals surface area contributed by atoms with Crippen molar-refractivity contribution in [1.29, 1.82) is 0 Å². The zero-order valence-corrected chi connectivity index (χ0v) is 11.7. The molecule has 1 unspecified atom stereocenters. The van der Waals surface area contributed by atoms with E-state index in [0.29, 0.717) is 6.04 Å². The number of aryl methyl sites for hydroxylation is 1. The molecular weight excluding hydrogens is 234 g/mol. The summed E-state index contributed by atoms with van der Waals surface area (Å²) < 4.78 is 0. The minimum atomic E-state index is 0.581. The van der Waals surface area contributed by atoms with Crippen LogP contribution in [0, 0.1) is 6.92 Å². The van der Waals surface area contributed by atoms with Gasteiger partial charge in [-0.25, -0.2) is 4.98 Å². The maximum Gasteiger partial charge on any atom is 0.132 e. The minimum absolute atomic E-state index is 0.581. The van der Waals surface area contributed by atoms with E-state index in [2.05, 4.69) is 47.5 Å². The molecule has 1 aromatic carbocycles. The number of benzene rings is 1. The summed E-state index contributed by atoms with van der Waals surface area (Å²) in [4.78, 5) is 7.36. The first kappa shape index (κ1) is 12.4. The maximum atomic E-state index is 4.89. The second-order valence-electron chi connectivity index (χ2n) is 5.37. The number of hydrogen-bond donors (Lipinski definition) is 1. The molecule has 1 saturated heterocycles. The lowest BCUT2D eigenvalue weighted by atomic mass is 10.1. The zero-order chi connectivity index (χ0) is 13.2. The molecule has 0 saturated carbocycles. The van der Waals surface area contributed by atoms with E-state index in [1.165, 1.54) is 23.8 Å². The van der Waals surface area contributed by atoms with Crippen molar-refractivity contribution >= 4 is 16.7 Å². The number of nitrogens with one attached hydrogen (secondary N) is 1. The van der Waals surface area contributed by atoms with Crippen LogP contribution in [-0.2, 0) is 0 Å². The molecule has 0 spiro atoms. The molecule has 1 atom stereocenters. The van der Waals surface area contributed by atoms with E-state index in [-0.39, 0.29) is 0 Å². The number of nitrogens with zero attached hydrogens (tertiary/aromatic N) is 2. The number of aromatic nitrogens is 1. The van der Waals surface area contributed by atoms with Gasteiger partial charge in [0.05, 0.1) is 5.52 Å². The quantitative estimate of drug-likeness (QED) is 0.914. The van der Waals surface area contributed by atoms with Crippen molar-refractivity contribution in [2.75, 3.05) is 25.0 Å². The average Bonchev–Trinajstić information content (AvgIpc) is 2.86. The second-order valence-corrected chi connectivity index (χ2v) is 5.37. The number of rotatable bonds is 3. The van der Waals surface area contributed by atoms with Crippen LogP contribution in [0.15, 0.2) is 30.3 Å². The Morgan fingerprint density at radius 1 is 1.37 bits per heavy atom. The van der Waals surface area contributed by atoms with Gasteiger partial charge in [-0.3, -0.25) is 0 Å². The van der Waals surface area contributed by atoms with Crippen LogP contribution in [0.3, 0.4) is 0 Å². The van der Waals surface area contributed by atoms with Crippen molar-refractivity contribution < 1.29 is 0 Å². The summed E-state index contributed by atoms with van der Waals surface area (Å²) in [7, 11) is 2.02. The highest BCUT2D eigenvalue weighted by Crippen LogP contribution is 2.28. The van der Waals surface area contributed by atoms with E-state index in [1.54, 1.807) is 0 Å². The predicted octanol–water partition coefficient (Wildman–Crippen LogP) is 2.73. The highest BCUT2D eigenvalue weighted by atomic mass is 15.2. The highest BCUT2D eigenvalue weighted by molar-refractivity contribution is 5.81. The van der Waals surface area contributed by atoms with Gasteiger partial charge in [0.1, 0.15) is 5.82 Å². The van der Waals surface area contributed by atoms with Gasteiger partial charge in [0, 0.05) is 24.5 Å². The molecule has 0 amide bonds. The Hall–Kier alpha value is -1.61. The van der Waals surface area contributed by atoms with Gasteiger partial charge in [0.15, 0.2) is 0 Å². The van der Waals surface area contributed by atoms with Gasteiger partial charge in [-0.15, -0.1) is 0 Å². The second kappa shape index (κ2) is 5.17. The lowest BCUT2D eigenvalue weighted by Gasteiger charge is -2.27. The molecule has 2 heterocycles. The van der Waals surface area contributed by atoms with Crippen molar-refractivity contribution in [1.82, 2.24) is 10.3 Å². The number of likely N-dealkylation sites (N-methyl/N-ethyl adjacent to an activating group) is 1. The Balaban J connectivity index is 2.01. The lowest BCUT2D eigenvalue weighted by Crippen LogP contribution is -2.37. The third-order valence-corrected chi connectivity index (χ3v) is 3.98. The largest absolute Gasteiger partial charge is 0.352 e. The first-order chi connectivity index (χ1) is 9.29. The molecule has 1 aromatic heterocycles. The SMILES string of the molecule is CNCC1CCCN1c1nc2ccccc2cc1C. The maximum absolute atomic E-state index is 4.89. The third-order valence-electron chi connectivity index (χ3n) is 3.98. The van der Waals surface area contributed by atoms with Crippen LogP contribution < -0.4 is 10.2 Å². The van der Waals surface area contributed by atoms with E-state index >= 15 is 0 Å². The summed E-state index contributed by atoms with van der Waals surface area (Å²) in [5.74, 6) is 1.16. The van der Waals surface area contributed by atoms with E-state index < -0.39 is 0 Å². The summed E-state index contributed by atoms with van der Waals surface area (Å²) in [5.41, 5.74) is 2.37. The van der Waals surface area contributed by atoms with E-state index in [4.69, 9.17) is 4.98 Å². The zero-order valence-electron chi connectivity index (χ0n) is 11.7. The van der Waals surface area contributed by atoms with Gasteiger partial charge in [-0.2, -0.15) is 0 Å². The van der Waals surface area contributed by atoms with Crippen LogP contribution in [0.4, 0.5) is 5.82 Å². The number of pyridine rings is 1. The number of anilines is 1. The van der Waals surface area contributed by atoms with Crippen LogP contribution in [0.25, 0.3) is 10.9 Å². The molecule has 19 heavy (non-hydrogen) atoms. The third kappa shape index (κ3) is 2.30. The van der Waals surface area contributed by atoms with Gasteiger partial charge in [-0.1, -0.05) is 18.2 Å². The fourth-order valence-electron chi connectivity index (χ4n) is 3.06. The van der Waals surface area contributed by atoms with Crippen LogP contribution in [0.2, 0.25) is 0 Å². The first-order valence-electron chi connectivity index (χ1n) is 7.07. The van der Waals surface area contributed by atoms with Crippen molar-refractivity contribution in [3.05, 3.63) is 35.9 Å². The molecule has 1 fully saturated rings. The van der Waals surface area contributed by atoms with Crippen molar-refractivity contribution in [2.24, 2.45) is 0 Å². The summed E-state index contributed by atoms with van der Waals surface area (Å²) >= 11 is 0. The normalized spacial score (nSPS) is 19.3. The Morgan fingerprint density at radius 2 is 2.21 bits per heavy atom. The number of fused-ring (bicyclic) bond motifs is 1. The van der Waals surface area contributed by atoms with Crippen molar-refractivity contribution in [2.45, 2.75) is 25.8 Å². The topological polar surface area (TPSA) is 28.2 Å². The molecule has 0 bridgehead atoms. The van der Waals surface area contributed by atoms with Gasteiger partial charge in [-0.05, 0) is 44.5 Å². The van der Waals surface area contributed by atoms with Crippen molar-refractivity contribution in [3.8, 4) is 0 Å². The summed E-state index contributed by atoms with van der Waals surface area (Å²) in [5, 5.41) is 4.53. The van der Waals surface area contributed by atoms with Crippen LogP contribution in [0.5, 0.6) is 0 Å². The van der Waals surface area contributed by atoms with Gasteiger partial charge in [0.2, 0.25) is 0 Å². The molecule has 3 rings (SSSR count). The summed E-state index contributed by atoms with van der Waals surface area (Å²) in [6, 6.07) is 11.2. The van der Waals surface area contributed by atoms with E-state index in [1.807, 2.05) is 7.05 Å². The molecule has 100 valence electrons. The Labute approximate surface area is 114 Å². The summed E-state index contributed by atoms with van der Waals surface area (Å²) in [6.45, 7) is 4.33. The molecule has 1 aliphatic rings. The first-order valence-corrected chi connectivity index (χ1v) is 7.07. The van der Waals surface area contributed by atoms with Crippen LogP contribution >= 0.6 is 0 Å². The molecule has 1 aliphatic heterocycles. The van der Waals surface area contributed by atoms with Crippen LogP contribution in [-0.4, -0.2) is 31.2 Å². The highest BCUT2D eigenvalue weighted by Gasteiger charge is 2.26. The smallest absolute Gasteiger partial charge is 0.132 e. The molecular formula is C16H21N3. The standard InChI is InChI=1S/C16H21N3/c1-12-10-13-6-3-4-8-15(13)18-16(12)19-9-5-7-14(19)11-17-2/h3-4,6,8,10,14,17H,5,7,9,11H2,1-2H3. The monoisotopic (exact) mass is 255 g/mol. The predicted molar refractivity (Wildman–Crippen MR) is 80.8 cm³/mol. The fraction of sp³-hybridized carbons (Fsp3) is 0.438. The van der Waals surface area contributed by atoms with E-state index in [9.17, 15) is 0 Å². The molecule has 2 aromatic rings. The van der Waals surface area contributed by atoms with Gasteiger partial charge in [0.25, 0.3) is 0 Å². The van der Waals surface area contributed by atoms with Gasteiger partial charge < -0.3 is 10.2 Å². The average molecular weight is 255 g/mol. The Kier molecular flexibility index (Phi) is 3.38. The fourth-order valence-corrected chi connectivity index (χ4v) is 3.06.